The van der Waals surface area contributed by atoms with E-state index in [1.807, 2.05) is 0 Å². The molecule has 0 aliphatic carbocycles. The number of ether oxygens (including phenoxy) is 1. The number of nitrogens with one attached hydrogen (secondary N) is 2. The minimum absolute atomic E-state index is 0.111. The molecule has 0 aromatic heterocycles. The van der Waals surface area contributed by atoms with Crippen molar-refractivity contribution >= 4 is 12.0 Å². The summed E-state index contributed by atoms with van der Waals surface area (Å²) in [6.45, 7) is 4.32. The Morgan fingerprint density at radius 1 is 1.25 bits per heavy atom. The fraction of sp³-hybridized carbons (Fsp3) is 0.714. The van der Waals surface area contributed by atoms with Crippen LogP contribution < -0.4 is 10.6 Å². The van der Waals surface area contributed by atoms with Gasteiger partial charge in [-0.1, -0.05) is 0 Å². The first-order valence-corrected chi connectivity index (χ1v) is 3.82. The summed E-state index contributed by atoms with van der Waals surface area (Å²) in [6.07, 6.45) is -0.456. The van der Waals surface area contributed by atoms with Crippen LogP contribution in [0.25, 0.3) is 0 Å². The number of carbonyl (C=O) groups excluding carboxylic acids is 2. The summed E-state index contributed by atoms with van der Waals surface area (Å²) in [7, 11) is 0. The molecule has 0 aliphatic heterocycles. The van der Waals surface area contributed by atoms with Crippen LogP contribution in [0.1, 0.15) is 13.8 Å². The van der Waals surface area contributed by atoms with E-state index in [2.05, 4.69) is 15.4 Å². The van der Waals surface area contributed by atoms with Gasteiger partial charge < -0.3 is 15.4 Å². The third-order valence-electron chi connectivity index (χ3n) is 1.04. The smallest absolute Gasteiger partial charge is 0.407 e. The molecule has 0 radical (unpaired) electrons. The average Bonchev–Trinajstić information content (AvgIpc) is 1.98. The molecule has 5 heteroatoms. The molecular weight excluding hydrogens is 160 g/mol. The number of hydrogen-bond acceptors (Lipinski definition) is 3. The van der Waals surface area contributed by atoms with Crippen molar-refractivity contribution in [2.24, 2.45) is 0 Å². The number of amides is 2. The van der Waals surface area contributed by atoms with E-state index < -0.39 is 6.09 Å². The molecule has 0 unspecified atom stereocenters. The largest absolute Gasteiger partial charge is 0.450 e. The zero-order valence-corrected chi connectivity index (χ0v) is 7.35. The van der Waals surface area contributed by atoms with Crippen molar-refractivity contribution in [3.05, 3.63) is 0 Å². The van der Waals surface area contributed by atoms with E-state index in [1.165, 1.54) is 6.92 Å². The Balaban J connectivity index is 3.19. The lowest BCUT2D eigenvalue weighted by atomic mass is 10.6. The Hall–Kier alpha value is -1.26. The van der Waals surface area contributed by atoms with Crippen molar-refractivity contribution in [3.63, 3.8) is 0 Å². The maximum absolute atomic E-state index is 10.6. The lowest BCUT2D eigenvalue weighted by molar-refractivity contribution is -0.118. The molecule has 2 N–H and O–H groups in total. The second-order valence-electron chi connectivity index (χ2n) is 2.13. The number of alkyl carbamates (subject to hydrolysis) is 1. The molecule has 5 nitrogen and oxygen atoms in total. The highest BCUT2D eigenvalue weighted by Crippen LogP contribution is 1.74. The van der Waals surface area contributed by atoms with E-state index in [4.69, 9.17) is 0 Å². The number of hydrogen-bond donors (Lipinski definition) is 2. The van der Waals surface area contributed by atoms with E-state index in [0.29, 0.717) is 19.7 Å². The summed E-state index contributed by atoms with van der Waals surface area (Å²) in [5, 5.41) is 5.00. The molecule has 0 spiro atoms. The third kappa shape index (κ3) is 6.85. The van der Waals surface area contributed by atoms with Gasteiger partial charge in [-0.3, -0.25) is 4.79 Å². The lowest BCUT2D eigenvalue weighted by Crippen LogP contribution is -2.33. The topological polar surface area (TPSA) is 67.4 Å². The van der Waals surface area contributed by atoms with Gasteiger partial charge in [-0.15, -0.1) is 0 Å². The first-order chi connectivity index (χ1) is 5.66. The molecule has 0 atom stereocenters. The van der Waals surface area contributed by atoms with Crippen molar-refractivity contribution in [3.8, 4) is 0 Å². The van der Waals surface area contributed by atoms with Crippen LogP contribution in [0.3, 0.4) is 0 Å². The summed E-state index contributed by atoms with van der Waals surface area (Å²) >= 11 is 0. The van der Waals surface area contributed by atoms with Crippen molar-refractivity contribution in [2.75, 3.05) is 19.7 Å². The predicted molar refractivity (Wildman–Crippen MR) is 43.7 cm³/mol. The molecule has 0 rings (SSSR count). The van der Waals surface area contributed by atoms with Crippen LogP contribution in [0, 0.1) is 0 Å². The highest BCUT2D eigenvalue weighted by Gasteiger charge is 1.97. The zero-order valence-electron chi connectivity index (χ0n) is 7.35. The van der Waals surface area contributed by atoms with E-state index in [0.717, 1.165) is 0 Å². The molecular formula is C7H14N2O3. The molecule has 0 bridgehead atoms. The first kappa shape index (κ1) is 10.7. The van der Waals surface area contributed by atoms with E-state index in [9.17, 15) is 9.59 Å². The average molecular weight is 174 g/mol. The Morgan fingerprint density at radius 3 is 2.33 bits per heavy atom. The molecule has 0 saturated heterocycles. The van der Waals surface area contributed by atoms with Gasteiger partial charge in [0.05, 0.1) is 6.61 Å². The quantitative estimate of drug-likeness (QED) is 0.583. The van der Waals surface area contributed by atoms with E-state index in [1.54, 1.807) is 6.92 Å². The molecule has 0 fully saturated rings. The van der Waals surface area contributed by atoms with Crippen molar-refractivity contribution < 1.29 is 14.3 Å². The van der Waals surface area contributed by atoms with Gasteiger partial charge in [-0.05, 0) is 6.92 Å². The van der Waals surface area contributed by atoms with E-state index >= 15 is 0 Å². The van der Waals surface area contributed by atoms with E-state index in [-0.39, 0.29) is 5.91 Å². The minimum atomic E-state index is -0.456. The van der Waals surface area contributed by atoms with Crippen LogP contribution in [-0.4, -0.2) is 31.7 Å². The molecule has 70 valence electrons. The van der Waals surface area contributed by atoms with Crippen molar-refractivity contribution in [1.29, 1.82) is 0 Å². The summed E-state index contributed by atoms with van der Waals surface area (Å²) < 4.78 is 4.59. The highest BCUT2D eigenvalue weighted by atomic mass is 16.5. The molecule has 0 saturated carbocycles. The molecule has 0 heterocycles. The fourth-order valence-electron chi connectivity index (χ4n) is 0.585. The Bertz CT molecular complexity index is 159. The molecule has 0 aromatic carbocycles. The van der Waals surface area contributed by atoms with Gasteiger partial charge in [0.15, 0.2) is 0 Å². The Kier molecular flexibility index (Phi) is 5.77. The van der Waals surface area contributed by atoms with Crippen molar-refractivity contribution in [1.82, 2.24) is 10.6 Å². The maximum Gasteiger partial charge on any atom is 0.407 e. The second-order valence-corrected chi connectivity index (χ2v) is 2.13. The lowest BCUT2D eigenvalue weighted by Gasteiger charge is -2.04. The van der Waals surface area contributed by atoms with Gasteiger partial charge in [0.2, 0.25) is 5.91 Å². The second kappa shape index (κ2) is 6.45. The van der Waals surface area contributed by atoms with Gasteiger partial charge in [0, 0.05) is 20.0 Å². The molecule has 0 aromatic rings. The molecule has 12 heavy (non-hydrogen) atoms. The third-order valence-corrected chi connectivity index (χ3v) is 1.04. The van der Waals surface area contributed by atoms with Gasteiger partial charge in [-0.2, -0.15) is 0 Å². The minimum Gasteiger partial charge on any atom is -0.450 e. The summed E-state index contributed by atoms with van der Waals surface area (Å²) in [6, 6.07) is 0. The maximum atomic E-state index is 10.6. The monoisotopic (exact) mass is 174 g/mol. The van der Waals surface area contributed by atoms with Crippen molar-refractivity contribution in [2.45, 2.75) is 13.8 Å². The standard InChI is InChI=1S/C7H14N2O3/c1-3-12-7(11)9-5-4-8-6(2)10/h3-5H2,1-2H3,(H,8,10)(H,9,11). The summed E-state index contributed by atoms with van der Waals surface area (Å²) in [5.41, 5.74) is 0. The van der Waals surface area contributed by atoms with Crippen LogP contribution in [-0.2, 0) is 9.53 Å². The van der Waals surface area contributed by atoms with Crippen LogP contribution in [0.2, 0.25) is 0 Å². The van der Waals surface area contributed by atoms with Crippen LogP contribution >= 0.6 is 0 Å². The first-order valence-electron chi connectivity index (χ1n) is 3.82. The summed E-state index contributed by atoms with van der Waals surface area (Å²) in [5.74, 6) is -0.111. The number of rotatable bonds is 4. The van der Waals surface area contributed by atoms with Gasteiger partial charge in [0.1, 0.15) is 0 Å². The fourth-order valence-corrected chi connectivity index (χ4v) is 0.585. The normalized spacial score (nSPS) is 8.83. The van der Waals surface area contributed by atoms with Crippen LogP contribution in [0.4, 0.5) is 4.79 Å². The molecule has 0 aliphatic rings. The van der Waals surface area contributed by atoms with Gasteiger partial charge in [-0.25, -0.2) is 4.79 Å². The highest BCUT2D eigenvalue weighted by molar-refractivity contribution is 5.73. The number of carbonyl (C=O) groups is 2. The predicted octanol–water partition coefficient (Wildman–Crippen LogP) is -0.131. The van der Waals surface area contributed by atoms with Gasteiger partial charge in [0.25, 0.3) is 0 Å². The van der Waals surface area contributed by atoms with Crippen LogP contribution in [0.5, 0.6) is 0 Å². The van der Waals surface area contributed by atoms with Gasteiger partial charge >= 0.3 is 6.09 Å². The Labute approximate surface area is 71.5 Å². The summed E-state index contributed by atoms with van der Waals surface area (Å²) in [4.78, 5) is 21.0. The SMILES string of the molecule is CCOC(=O)NCCNC(C)=O. The van der Waals surface area contributed by atoms with Crippen LogP contribution in [0.15, 0.2) is 0 Å². The Morgan fingerprint density at radius 2 is 1.83 bits per heavy atom. The molecule has 2 amide bonds. The zero-order chi connectivity index (χ0) is 9.40.